The highest BCUT2D eigenvalue weighted by Gasteiger charge is 2.19. The molecule has 5 heteroatoms. The fraction of sp³-hybridized carbons (Fsp3) is 0.769. The summed E-state index contributed by atoms with van der Waals surface area (Å²) in [5.41, 5.74) is 0.567. The first kappa shape index (κ1) is 17.1. The maximum Gasteiger partial charge on any atom is 0.333 e. The normalized spacial score (nSPS) is 13.8. The number of rotatable bonds is 9. The second-order valence-electron chi connectivity index (χ2n) is 4.32. The minimum atomic E-state index is -0.334. The van der Waals surface area contributed by atoms with Crippen LogP contribution in [0.5, 0.6) is 0 Å². The Morgan fingerprint density at radius 2 is 1.72 bits per heavy atom. The van der Waals surface area contributed by atoms with E-state index < -0.39 is 0 Å². The molecule has 18 heavy (non-hydrogen) atoms. The van der Waals surface area contributed by atoms with E-state index in [1.807, 2.05) is 0 Å². The molecule has 0 aliphatic rings. The Kier molecular flexibility index (Phi) is 9.55. The van der Waals surface area contributed by atoms with Gasteiger partial charge in [-0.2, -0.15) is 0 Å². The van der Waals surface area contributed by atoms with E-state index in [0.29, 0.717) is 18.4 Å². The van der Waals surface area contributed by atoms with Crippen LogP contribution in [0.4, 0.5) is 0 Å². The predicted octanol–water partition coefficient (Wildman–Crippen LogP) is 0.485. The summed E-state index contributed by atoms with van der Waals surface area (Å²) in [5, 5.41) is 27.2. The van der Waals surface area contributed by atoms with Crippen LogP contribution < -0.4 is 0 Å². The molecule has 0 saturated carbocycles. The van der Waals surface area contributed by atoms with Gasteiger partial charge in [0.05, 0.1) is 6.61 Å². The van der Waals surface area contributed by atoms with Crippen LogP contribution in [0.15, 0.2) is 11.6 Å². The highest BCUT2D eigenvalue weighted by Crippen LogP contribution is 2.17. The summed E-state index contributed by atoms with van der Waals surface area (Å²) < 4.78 is 5.02. The second-order valence-corrected chi connectivity index (χ2v) is 4.32. The zero-order valence-electron chi connectivity index (χ0n) is 11.1. The summed E-state index contributed by atoms with van der Waals surface area (Å²) in [5.74, 6) is -0.816. The van der Waals surface area contributed by atoms with Crippen molar-refractivity contribution in [2.75, 3.05) is 26.4 Å². The summed E-state index contributed by atoms with van der Waals surface area (Å²) in [6.45, 7) is 3.34. The lowest BCUT2D eigenvalue weighted by atomic mass is 9.90. The van der Waals surface area contributed by atoms with Crippen LogP contribution in [-0.2, 0) is 9.53 Å². The van der Waals surface area contributed by atoms with Crippen LogP contribution in [-0.4, -0.2) is 47.7 Å². The molecule has 106 valence electrons. The molecule has 0 rings (SSSR count). The lowest BCUT2D eigenvalue weighted by Crippen LogP contribution is -2.25. The SMILES string of the molecule is CC=C(C)C(=O)OCCCC(CO)C(CO)CO. The molecule has 0 saturated heterocycles. The quantitative estimate of drug-likeness (QED) is 0.319. The van der Waals surface area contributed by atoms with Gasteiger partial charge in [-0.15, -0.1) is 0 Å². The Balaban J connectivity index is 3.91. The Morgan fingerprint density at radius 3 is 2.17 bits per heavy atom. The van der Waals surface area contributed by atoms with Crippen LogP contribution in [0.1, 0.15) is 26.7 Å². The van der Waals surface area contributed by atoms with Crippen LogP contribution in [0, 0.1) is 11.8 Å². The first-order valence-electron chi connectivity index (χ1n) is 6.23. The van der Waals surface area contributed by atoms with Gasteiger partial charge in [0.1, 0.15) is 0 Å². The van der Waals surface area contributed by atoms with Gasteiger partial charge < -0.3 is 20.1 Å². The number of hydrogen-bond donors (Lipinski definition) is 3. The Bertz CT molecular complexity index is 258. The van der Waals surface area contributed by atoms with Gasteiger partial charge in [0.15, 0.2) is 0 Å². The van der Waals surface area contributed by atoms with Gasteiger partial charge in [0.25, 0.3) is 0 Å². The van der Waals surface area contributed by atoms with E-state index in [1.54, 1.807) is 19.9 Å². The molecular formula is C13H24O5. The molecule has 1 atom stereocenters. The Morgan fingerprint density at radius 1 is 1.17 bits per heavy atom. The van der Waals surface area contributed by atoms with E-state index in [-0.39, 0.29) is 44.2 Å². The lowest BCUT2D eigenvalue weighted by Gasteiger charge is -2.21. The van der Waals surface area contributed by atoms with Crippen molar-refractivity contribution in [2.45, 2.75) is 26.7 Å². The number of carbonyl (C=O) groups is 1. The number of ether oxygens (including phenoxy) is 1. The molecule has 3 N–H and O–H groups in total. The van der Waals surface area contributed by atoms with E-state index in [9.17, 15) is 4.79 Å². The molecule has 0 spiro atoms. The van der Waals surface area contributed by atoms with Crippen molar-refractivity contribution >= 4 is 5.97 Å². The summed E-state index contributed by atoms with van der Waals surface area (Å²) in [6.07, 6.45) is 2.89. The topological polar surface area (TPSA) is 87.0 Å². The molecule has 0 aromatic heterocycles. The Hall–Kier alpha value is -0.910. The van der Waals surface area contributed by atoms with Crippen molar-refractivity contribution in [1.82, 2.24) is 0 Å². The average molecular weight is 260 g/mol. The third-order valence-electron chi connectivity index (χ3n) is 3.08. The van der Waals surface area contributed by atoms with Gasteiger partial charge in [0.2, 0.25) is 0 Å². The van der Waals surface area contributed by atoms with Gasteiger partial charge >= 0.3 is 5.97 Å². The van der Waals surface area contributed by atoms with Gasteiger partial charge in [-0.1, -0.05) is 6.08 Å². The standard InChI is InChI=1S/C13H24O5/c1-3-10(2)13(17)18-6-4-5-11(7-14)12(8-15)9-16/h3,11-12,14-16H,4-9H2,1-2H3. The largest absolute Gasteiger partial charge is 0.462 e. The smallest absolute Gasteiger partial charge is 0.333 e. The summed E-state index contributed by atoms with van der Waals surface area (Å²) in [7, 11) is 0. The van der Waals surface area contributed by atoms with E-state index in [4.69, 9.17) is 20.1 Å². The van der Waals surface area contributed by atoms with Crippen molar-refractivity contribution in [1.29, 1.82) is 0 Å². The molecule has 5 nitrogen and oxygen atoms in total. The molecule has 0 heterocycles. The molecular weight excluding hydrogens is 236 g/mol. The van der Waals surface area contributed by atoms with E-state index in [2.05, 4.69) is 0 Å². The van der Waals surface area contributed by atoms with Crippen molar-refractivity contribution in [3.63, 3.8) is 0 Å². The first-order chi connectivity index (χ1) is 8.60. The van der Waals surface area contributed by atoms with E-state index >= 15 is 0 Å². The highest BCUT2D eigenvalue weighted by molar-refractivity contribution is 5.87. The van der Waals surface area contributed by atoms with E-state index in [0.717, 1.165) is 0 Å². The van der Waals surface area contributed by atoms with Crippen molar-refractivity contribution < 1.29 is 24.9 Å². The summed E-state index contributed by atoms with van der Waals surface area (Å²) in [4.78, 5) is 11.3. The van der Waals surface area contributed by atoms with Gasteiger partial charge in [-0.25, -0.2) is 4.79 Å². The molecule has 0 aromatic rings. The van der Waals surface area contributed by atoms with Crippen LogP contribution >= 0.6 is 0 Å². The molecule has 0 radical (unpaired) electrons. The molecule has 0 fully saturated rings. The lowest BCUT2D eigenvalue weighted by molar-refractivity contribution is -0.139. The van der Waals surface area contributed by atoms with Crippen LogP contribution in [0.3, 0.4) is 0 Å². The minimum Gasteiger partial charge on any atom is -0.462 e. The predicted molar refractivity (Wildman–Crippen MR) is 67.9 cm³/mol. The third kappa shape index (κ3) is 6.14. The first-order valence-corrected chi connectivity index (χ1v) is 6.23. The molecule has 0 aliphatic carbocycles. The number of aliphatic hydroxyl groups excluding tert-OH is 3. The van der Waals surface area contributed by atoms with Crippen molar-refractivity contribution in [3.8, 4) is 0 Å². The Labute approximate surface area is 108 Å². The van der Waals surface area contributed by atoms with Gasteiger partial charge in [-0.3, -0.25) is 0 Å². The molecule has 1 unspecified atom stereocenters. The zero-order chi connectivity index (χ0) is 14.0. The van der Waals surface area contributed by atoms with Crippen molar-refractivity contribution in [3.05, 3.63) is 11.6 Å². The fourth-order valence-corrected chi connectivity index (χ4v) is 1.57. The molecule has 0 bridgehead atoms. The number of aliphatic hydroxyl groups is 3. The molecule has 0 amide bonds. The monoisotopic (exact) mass is 260 g/mol. The summed E-state index contributed by atoms with van der Waals surface area (Å²) >= 11 is 0. The summed E-state index contributed by atoms with van der Waals surface area (Å²) in [6, 6.07) is 0. The minimum absolute atomic E-state index is 0.0897. The van der Waals surface area contributed by atoms with Gasteiger partial charge in [0, 0.05) is 31.3 Å². The van der Waals surface area contributed by atoms with Gasteiger partial charge in [-0.05, 0) is 32.6 Å². The number of hydrogen-bond acceptors (Lipinski definition) is 5. The maximum absolute atomic E-state index is 11.3. The number of carbonyl (C=O) groups excluding carboxylic acids is 1. The van der Waals surface area contributed by atoms with Crippen LogP contribution in [0.2, 0.25) is 0 Å². The zero-order valence-corrected chi connectivity index (χ0v) is 11.1. The van der Waals surface area contributed by atoms with E-state index in [1.165, 1.54) is 0 Å². The third-order valence-corrected chi connectivity index (χ3v) is 3.08. The van der Waals surface area contributed by atoms with Crippen molar-refractivity contribution in [2.24, 2.45) is 11.8 Å². The fourth-order valence-electron chi connectivity index (χ4n) is 1.57. The average Bonchev–Trinajstić information content (AvgIpc) is 2.41. The molecule has 0 aliphatic heterocycles. The molecule has 0 aromatic carbocycles. The highest BCUT2D eigenvalue weighted by atomic mass is 16.5. The maximum atomic E-state index is 11.3. The number of allylic oxidation sites excluding steroid dienone is 1. The van der Waals surface area contributed by atoms with Crippen LogP contribution in [0.25, 0.3) is 0 Å². The number of esters is 1. The second kappa shape index (κ2) is 10.1.